The van der Waals surface area contributed by atoms with Crippen LogP contribution in [0.25, 0.3) is 5.82 Å². The SMILES string of the molecule is CN(Cc1c(C(=O)N/N=C/C2CC=CCC2)nnn1-c1nonc1N)C1CCCCC1. The Morgan fingerprint density at radius 1 is 1.32 bits per heavy atom. The predicted molar refractivity (Wildman–Crippen MR) is 114 cm³/mol. The lowest BCUT2D eigenvalue weighted by molar-refractivity contribution is 0.0946. The average Bonchev–Trinajstić information content (AvgIpc) is 3.40. The molecule has 2 aliphatic carbocycles. The highest BCUT2D eigenvalue weighted by Gasteiger charge is 2.27. The number of hydrogen-bond donors (Lipinski definition) is 2. The van der Waals surface area contributed by atoms with Crippen LogP contribution in [0, 0.1) is 5.92 Å². The van der Waals surface area contributed by atoms with E-state index in [1.165, 1.54) is 23.9 Å². The highest BCUT2D eigenvalue weighted by molar-refractivity contribution is 5.93. The third-order valence-electron chi connectivity index (χ3n) is 6.03. The number of nitrogens with zero attached hydrogens (tertiary/aromatic N) is 7. The van der Waals surface area contributed by atoms with Crippen LogP contribution in [0.2, 0.25) is 0 Å². The van der Waals surface area contributed by atoms with E-state index in [9.17, 15) is 4.79 Å². The molecule has 0 aliphatic heterocycles. The Kier molecular flexibility index (Phi) is 6.70. The Hall–Kier alpha value is -3.08. The predicted octanol–water partition coefficient (Wildman–Crippen LogP) is 2.07. The van der Waals surface area contributed by atoms with Crippen molar-refractivity contribution in [2.75, 3.05) is 12.8 Å². The highest BCUT2D eigenvalue weighted by Crippen LogP contribution is 2.24. The van der Waals surface area contributed by atoms with E-state index in [1.807, 2.05) is 7.05 Å². The van der Waals surface area contributed by atoms with Gasteiger partial charge in [0.05, 0.1) is 5.69 Å². The van der Waals surface area contributed by atoms with Crippen LogP contribution in [0.1, 0.15) is 67.5 Å². The Balaban J connectivity index is 1.54. The van der Waals surface area contributed by atoms with Gasteiger partial charge in [0.25, 0.3) is 5.91 Å². The zero-order valence-electron chi connectivity index (χ0n) is 17.8. The van der Waals surface area contributed by atoms with Crippen LogP contribution in [0.5, 0.6) is 0 Å². The van der Waals surface area contributed by atoms with Gasteiger partial charge in [-0.25, -0.2) is 10.1 Å². The van der Waals surface area contributed by atoms with Gasteiger partial charge in [-0.3, -0.25) is 9.69 Å². The second-order valence-electron chi connectivity index (χ2n) is 8.24. The molecule has 0 radical (unpaired) electrons. The Labute approximate surface area is 180 Å². The van der Waals surface area contributed by atoms with Crippen molar-refractivity contribution in [3.63, 3.8) is 0 Å². The molecular weight excluding hydrogens is 398 g/mol. The molecule has 166 valence electrons. The van der Waals surface area contributed by atoms with E-state index in [0.717, 1.165) is 32.1 Å². The van der Waals surface area contributed by atoms with E-state index in [0.29, 0.717) is 24.2 Å². The number of anilines is 1. The number of allylic oxidation sites excluding steroid dienone is 2. The largest absolute Gasteiger partial charge is 0.378 e. The first-order chi connectivity index (χ1) is 15.1. The van der Waals surface area contributed by atoms with E-state index >= 15 is 0 Å². The van der Waals surface area contributed by atoms with E-state index in [-0.39, 0.29) is 17.3 Å². The number of amides is 1. The van der Waals surface area contributed by atoms with Gasteiger partial charge in [0, 0.05) is 18.8 Å². The second kappa shape index (κ2) is 9.82. The van der Waals surface area contributed by atoms with Gasteiger partial charge in [-0.2, -0.15) is 9.78 Å². The number of carbonyl (C=O) groups is 1. The molecule has 11 nitrogen and oxygen atoms in total. The summed E-state index contributed by atoms with van der Waals surface area (Å²) in [4.78, 5) is 15.1. The van der Waals surface area contributed by atoms with Crippen molar-refractivity contribution in [3.8, 4) is 5.82 Å². The van der Waals surface area contributed by atoms with E-state index in [4.69, 9.17) is 10.4 Å². The summed E-state index contributed by atoms with van der Waals surface area (Å²) in [6.45, 7) is 0.462. The Bertz CT molecular complexity index is 942. The van der Waals surface area contributed by atoms with Crippen molar-refractivity contribution >= 4 is 17.9 Å². The normalized spacial score (nSPS) is 20.0. The van der Waals surface area contributed by atoms with Crippen LogP contribution in [0.4, 0.5) is 5.82 Å². The van der Waals surface area contributed by atoms with E-state index < -0.39 is 5.91 Å². The first-order valence-electron chi connectivity index (χ1n) is 10.8. The van der Waals surface area contributed by atoms with Crippen molar-refractivity contribution < 1.29 is 9.42 Å². The monoisotopic (exact) mass is 427 g/mol. The minimum atomic E-state index is -0.420. The van der Waals surface area contributed by atoms with Gasteiger partial charge >= 0.3 is 0 Å². The zero-order valence-corrected chi connectivity index (χ0v) is 17.8. The molecule has 0 bridgehead atoms. The maximum absolute atomic E-state index is 12.9. The van der Waals surface area contributed by atoms with Gasteiger partial charge in [-0.05, 0) is 55.4 Å². The minimum Gasteiger partial charge on any atom is -0.378 e. The number of rotatable bonds is 7. The van der Waals surface area contributed by atoms with Gasteiger partial charge in [-0.15, -0.1) is 5.10 Å². The molecule has 11 heteroatoms. The highest BCUT2D eigenvalue weighted by atomic mass is 16.6. The van der Waals surface area contributed by atoms with Gasteiger partial charge in [-0.1, -0.05) is 36.6 Å². The van der Waals surface area contributed by atoms with Crippen LogP contribution in [0.3, 0.4) is 0 Å². The molecule has 2 aromatic heterocycles. The molecule has 3 N–H and O–H groups in total. The molecule has 2 heterocycles. The molecule has 0 spiro atoms. The van der Waals surface area contributed by atoms with Crippen molar-refractivity contribution in [1.82, 2.24) is 35.6 Å². The third-order valence-corrected chi connectivity index (χ3v) is 6.03. The fraction of sp³-hybridized carbons (Fsp3) is 0.600. The average molecular weight is 428 g/mol. The van der Waals surface area contributed by atoms with Crippen LogP contribution in [0.15, 0.2) is 21.9 Å². The van der Waals surface area contributed by atoms with Gasteiger partial charge < -0.3 is 5.73 Å². The van der Waals surface area contributed by atoms with Crippen molar-refractivity contribution in [2.24, 2.45) is 11.0 Å². The number of nitrogen functional groups attached to an aromatic ring is 1. The van der Waals surface area contributed by atoms with E-state index in [2.05, 4.69) is 48.2 Å². The summed E-state index contributed by atoms with van der Waals surface area (Å²) in [6, 6.07) is 0.443. The number of hydrazone groups is 1. The van der Waals surface area contributed by atoms with Crippen LogP contribution in [-0.2, 0) is 6.54 Å². The number of hydrogen-bond acceptors (Lipinski definition) is 9. The molecule has 1 atom stereocenters. The third kappa shape index (κ3) is 4.98. The molecule has 1 unspecified atom stereocenters. The fourth-order valence-electron chi connectivity index (χ4n) is 4.22. The Morgan fingerprint density at radius 2 is 2.16 bits per heavy atom. The summed E-state index contributed by atoms with van der Waals surface area (Å²) in [5.74, 6) is 0.215. The van der Waals surface area contributed by atoms with Gasteiger partial charge in [0.2, 0.25) is 11.6 Å². The standard InChI is InChI=1S/C20H29N9O2/c1-28(15-10-6-3-7-11-15)13-16-17(23-27-29(16)19-18(21)25-31-26-19)20(30)24-22-12-14-8-4-2-5-9-14/h2,4,12,14-15H,3,5-11,13H2,1H3,(H2,21,25)(H,24,30)/b22-12+. The molecule has 4 rings (SSSR count). The fourth-order valence-corrected chi connectivity index (χ4v) is 4.22. The first-order valence-corrected chi connectivity index (χ1v) is 10.8. The molecular formula is C20H29N9O2. The number of nitrogens with two attached hydrogens (primary N) is 1. The lowest BCUT2D eigenvalue weighted by atomic mass is 9.94. The van der Waals surface area contributed by atoms with Crippen molar-refractivity contribution in [3.05, 3.63) is 23.5 Å². The number of aromatic nitrogens is 5. The topological polar surface area (TPSA) is 140 Å². The van der Waals surface area contributed by atoms with Gasteiger partial charge in [0.1, 0.15) is 0 Å². The second-order valence-corrected chi connectivity index (χ2v) is 8.24. The molecule has 1 amide bonds. The summed E-state index contributed by atoms with van der Waals surface area (Å²) < 4.78 is 6.15. The molecule has 2 aromatic rings. The lowest BCUT2D eigenvalue weighted by Crippen LogP contribution is -2.34. The van der Waals surface area contributed by atoms with Crippen LogP contribution < -0.4 is 11.2 Å². The molecule has 31 heavy (non-hydrogen) atoms. The maximum Gasteiger partial charge on any atom is 0.293 e. The van der Waals surface area contributed by atoms with Gasteiger partial charge in [0.15, 0.2) is 5.69 Å². The van der Waals surface area contributed by atoms with Crippen LogP contribution in [-0.4, -0.2) is 55.4 Å². The number of nitrogens with one attached hydrogen (secondary N) is 1. The summed E-state index contributed by atoms with van der Waals surface area (Å²) in [6.07, 6.45) is 15.1. The summed E-state index contributed by atoms with van der Waals surface area (Å²) in [5, 5.41) is 19.8. The molecule has 1 fully saturated rings. The van der Waals surface area contributed by atoms with Crippen molar-refractivity contribution in [1.29, 1.82) is 0 Å². The lowest BCUT2D eigenvalue weighted by Gasteiger charge is -2.31. The van der Waals surface area contributed by atoms with E-state index in [1.54, 1.807) is 6.21 Å². The first kappa shape index (κ1) is 21.2. The summed E-state index contributed by atoms with van der Waals surface area (Å²) in [5.41, 5.74) is 9.22. The summed E-state index contributed by atoms with van der Waals surface area (Å²) >= 11 is 0. The molecule has 0 saturated heterocycles. The zero-order chi connectivity index (χ0) is 21.6. The summed E-state index contributed by atoms with van der Waals surface area (Å²) in [7, 11) is 2.05. The minimum absolute atomic E-state index is 0.0850. The maximum atomic E-state index is 12.9. The molecule has 0 aromatic carbocycles. The Morgan fingerprint density at radius 3 is 2.87 bits per heavy atom. The van der Waals surface area contributed by atoms with Crippen molar-refractivity contribution in [2.45, 2.75) is 64.0 Å². The quantitative estimate of drug-likeness (QED) is 0.389. The molecule has 1 saturated carbocycles. The number of carbonyl (C=O) groups excluding carboxylic acids is 1. The molecule has 2 aliphatic rings. The smallest absolute Gasteiger partial charge is 0.293 e. The van der Waals surface area contributed by atoms with Crippen LogP contribution >= 0.6 is 0 Å².